The van der Waals surface area contributed by atoms with Gasteiger partial charge < -0.3 is 5.73 Å². The van der Waals surface area contributed by atoms with Crippen LogP contribution < -0.4 is 10.5 Å². The maximum Gasteiger partial charge on any atom is 0.240 e. The average molecular weight is 329 g/mol. The van der Waals surface area contributed by atoms with E-state index in [2.05, 4.69) is 4.72 Å². The minimum Gasteiger partial charge on any atom is -0.326 e. The summed E-state index contributed by atoms with van der Waals surface area (Å²) in [6.45, 7) is 4.65. The summed E-state index contributed by atoms with van der Waals surface area (Å²) in [4.78, 5) is 0.356. The molecule has 0 aliphatic carbocycles. The van der Waals surface area contributed by atoms with Gasteiger partial charge in [0.15, 0.2) is 0 Å². The molecule has 1 aromatic rings. The number of hydrogen-bond donors (Lipinski definition) is 2. The lowest BCUT2D eigenvalue weighted by Gasteiger charge is -2.21. The van der Waals surface area contributed by atoms with Gasteiger partial charge in [-0.2, -0.15) is 11.8 Å². The predicted molar refractivity (Wildman–Crippen MR) is 89.1 cm³/mol. The van der Waals surface area contributed by atoms with E-state index in [9.17, 15) is 8.42 Å². The number of thioether (sulfide) groups is 1. The first-order chi connectivity index (χ1) is 9.94. The van der Waals surface area contributed by atoms with Gasteiger partial charge in [0.25, 0.3) is 0 Å². The van der Waals surface area contributed by atoms with Crippen LogP contribution in [0.15, 0.2) is 17.0 Å². The fourth-order valence-corrected chi connectivity index (χ4v) is 5.33. The summed E-state index contributed by atoms with van der Waals surface area (Å²) in [5.41, 5.74) is 8.38. The summed E-state index contributed by atoms with van der Waals surface area (Å²) in [6.07, 6.45) is 3.53. The van der Waals surface area contributed by atoms with Crippen molar-refractivity contribution in [2.24, 2.45) is 5.73 Å². The minimum atomic E-state index is -3.46. The number of aryl methyl sites for hydroxylation is 2. The van der Waals surface area contributed by atoms with Gasteiger partial charge in [0.1, 0.15) is 0 Å². The van der Waals surface area contributed by atoms with Crippen LogP contribution in [0.25, 0.3) is 0 Å². The molecule has 0 radical (unpaired) electrons. The Bertz CT molecular complexity index is 594. The molecule has 118 valence electrons. The topological polar surface area (TPSA) is 72.2 Å². The first-order valence-electron chi connectivity index (χ1n) is 7.35. The fourth-order valence-electron chi connectivity index (χ4n) is 2.63. The van der Waals surface area contributed by atoms with E-state index in [4.69, 9.17) is 5.73 Å². The Morgan fingerprint density at radius 3 is 2.67 bits per heavy atom. The van der Waals surface area contributed by atoms with E-state index < -0.39 is 10.0 Å². The molecule has 1 aromatic carbocycles. The predicted octanol–water partition coefficient (Wildman–Crippen LogP) is 2.33. The van der Waals surface area contributed by atoms with Crippen molar-refractivity contribution in [1.29, 1.82) is 0 Å². The van der Waals surface area contributed by atoms with E-state index in [0.717, 1.165) is 28.9 Å². The van der Waals surface area contributed by atoms with Crippen LogP contribution in [0.2, 0.25) is 0 Å². The molecule has 1 heterocycles. The van der Waals surface area contributed by atoms with Crippen molar-refractivity contribution in [3.8, 4) is 0 Å². The normalized spacial score (nSPS) is 19.7. The summed E-state index contributed by atoms with van der Waals surface area (Å²) in [6, 6.07) is 3.60. The first kappa shape index (κ1) is 16.8. The molecule has 4 nitrogen and oxygen atoms in total. The highest BCUT2D eigenvalue weighted by Crippen LogP contribution is 2.25. The zero-order chi connectivity index (χ0) is 15.5. The lowest BCUT2D eigenvalue weighted by atomic mass is 10.1. The highest BCUT2D eigenvalue weighted by atomic mass is 32.2. The molecule has 1 aliphatic heterocycles. The Morgan fingerprint density at radius 1 is 1.29 bits per heavy atom. The summed E-state index contributed by atoms with van der Waals surface area (Å²) in [5.74, 6) is 1.13. The summed E-state index contributed by atoms with van der Waals surface area (Å²) < 4.78 is 27.8. The second kappa shape index (κ2) is 7.13. The fraction of sp³-hybridized carbons (Fsp3) is 0.600. The van der Waals surface area contributed by atoms with Crippen molar-refractivity contribution in [2.45, 2.75) is 49.8 Å². The van der Waals surface area contributed by atoms with Gasteiger partial charge in [-0.3, -0.25) is 0 Å². The van der Waals surface area contributed by atoms with Crippen LogP contribution in [0.5, 0.6) is 0 Å². The number of hydrogen-bond acceptors (Lipinski definition) is 4. The Labute approximate surface area is 131 Å². The largest absolute Gasteiger partial charge is 0.326 e. The Kier molecular flexibility index (Phi) is 5.71. The van der Waals surface area contributed by atoms with E-state index in [0.29, 0.717) is 23.2 Å². The molecule has 0 saturated carbocycles. The number of nitrogens with two attached hydrogens (primary N) is 1. The van der Waals surface area contributed by atoms with Crippen LogP contribution >= 0.6 is 11.8 Å². The molecule has 0 spiro atoms. The monoisotopic (exact) mass is 328 g/mol. The molecule has 0 bridgehead atoms. The van der Waals surface area contributed by atoms with E-state index in [1.807, 2.05) is 31.7 Å². The third kappa shape index (κ3) is 4.22. The number of rotatable bonds is 5. The lowest BCUT2D eigenvalue weighted by molar-refractivity contribution is 0.573. The van der Waals surface area contributed by atoms with Gasteiger partial charge in [-0.05, 0) is 55.2 Å². The Hall–Kier alpha value is -0.560. The first-order valence-corrected chi connectivity index (χ1v) is 9.88. The van der Waals surface area contributed by atoms with Crippen LogP contribution in [0, 0.1) is 13.8 Å². The molecule has 1 atom stereocenters. The third-order valence-corrected chi connectivity index (χ3v) is 6.88. The molecule has 1 saturated heterocycles. The molecule has 1 aliphatic rings. The van der Waals surface area contributed by atoms with E-state index in [1.54, 1.807) is 6.07 Å². The lowest BCUT2D eigenvalue weighted by Crippen LogP contribution is -2.32. The molecule has 1 unspecified atom stereocenters. The number of sulfonamides is 1. The van der Waals surface area contributed by atoms with Gasteiger partial charge in [0, 0.05) is 18.3 Å². The van der Waals surface area contributed by atoms with E-state index in [-0.39, 0.29) is 0 Å². The molecule has 3 N–H and O–H groups in total. The quantitative estimate of drug-likeness (QED) is 0.870. The van der Waals surface area contributed by atoms with Crippen molar-refractivity contribution < 1.29 is 8.42 Å². The summed E-state index contributed by atoms with van der Waals surface area (Å²) in [5, 5.41) is 0.397. The van der Waals surface area contributed by atoms with Crippen molar-refractivity contribution in [3.05, 3.63) is 28.8 Å². The van der Waals surface area contributed by atoms with Crippen LogP contribution in [-0.2, 0) is 16.6 Å². The summed E-state index contributed by atoms with van der Waals surface area (Å²) >= 11 is 1.87. The maximum absolute atomic E-state index is 12.5. The van der Waals surface area contributed by atoms with Gasteiger partial charge in [0.05, 0.1) is 4.90 Å². The zero-order valence-electron chi connectivity index (χ0n) is 12.7. The van der Waals surface area contributed by atoms with Gasteiger partial charge in [-0.15, -0.1) is 0 Å². The molecule has 0 amide bonds. The summed E-state index contributed by atoms with van der Waals surface area (Å²) in [7, 11) is -3.46. The van der Waals surface area contributed by atoms with Gasteiger partial charge in [0.2, 0.25) is 10.0 Å². The second-order valence-corrected chi connectivity index (χ2v) is 8.73. The number of nitrogens with one attached hydrogen (secondary N) is 1. The van der Waals surface area contributed by atoms with Crippen molar-refractivity contribution >= 4 is 21.8 Å². The maximum atomic E-state index is 12.5. The van der Waals surface area contributed by atoms with Crippen LogP contribution in [0.4, 0.5) is 0 Å². The van der Waals surface area contributed by atoms with Gasteiger partial charge in [-0.1, -0.05) is 12.5 Å². The van der Waals surface area contributed by atoms with Crippen molar-refractivity contribution in [2.75, 3.05) is 12.3 Å². The molecule has 1 fully saturated rings. The molecular weight excluding hydrogens is 304 g/mol. The number of benzene rings is 1. The highest BCUT2D eigenvalue weighted by Gasteiger charge is 2.21. The van der Waals surface area contributed by atoms with E-state index in [1.165, 1.54) is 12.8 Å². The molecule has 6 heteroatoms. The SMILES string of the molecule is Cc1cc(C)c(S(=O)(=O)NCC2CCCCS2)cc1CN. The van der Waals surface area contributed by atoms with Gasteiger partial charge in [-0.25, -0.2) is 13.1 Å². The van der Waals surface area contributed by atoms with Crippen LogP contribution in [0.3, 0.4) is 0 Å². The molecule has 0 aromatic heterocycles. The average Bonchev–Trinajstić information content (AvgIpc) is 2.46. The van der Waals surface area contributed by atoms with Crippen molar-refractivity contribution in [3.63, 3.8) is 0 Å². The Morgan fingerprint density at radius 2 is 2.05 bits per heavy atom. The third-order valence-electron chi connectivity index (χ3n) is 3.92. The second-order valence-electron chi connectivity index (χ2n) is 5.59. The zero-order valence-corrected chi connectivity index (χ0v) is 14.3. The minimum absolute atomic E-state index is 0.354. The van der Waals surface area contributed by atoms with Crippen LogP contribution in [-0.4, -0.2) is 26.0 Å². The van der Waals surface area contributed by atoms with Crippen molar-refractivity contribution in [1.82, 2.24) is 4.72 Å². The smallest absolute Gasteiger partial charge is 0.240 e. The van der Waals surface area contributed by atoms with Crippen LogP contribution in [0.1, 0.15) is 36.0 Å². The standard InChI is InChI=1S/C15H24N2O2S2/c1-11-7-12(2)15(8-13(11)9-16)21(18,19)17-10-14-5-3-4-6-20-14/h7-8,14,17H,3-6,9-10,16H2,1-2H3. The molecule has 21 heavy (non-hydrogen) atoms. The Balaban J connectivity index is 2.15. The highest BCUT2D eigenvalue weighted by molar-refractivity contribution is 8.00. The van der Waals surface area contributed by atoms with E-state index >= 15 is 0 Å². The van der Waals surface area contributed by atoms with Gasteiger partial charge >= 0.3 is 0 Å². The molecule has 2 rings (SSSR count). The molecular formula is C15H24N2O2S2.